The zero-order valence-electron chi connectivity index (χ0n) is 13.9. The number of carbonyl (C=O) groups is 4. The molecular formula is C17H17NO7. The van der Waals surface area contributed by atoms with Gasteiger partial charge in [-0.15, -0.1) is 0 Å². The van der Waals surface area contributed by atoms with Crippen LogP contribution in [0.5, 0.6) is 0 Å². The summed E-state index contributed by atoms with van der Waals surface area (Å²) in [6.45, 7) is 0. The normalized spacial score (nSPS) is 27.2. The number of likely N-dealkylation sites (tertiary alicyclic amines) is 1. The average Bonchev–Trinajstić information content (AvgIpc) is 3.12. The van der Waals surface area contributed by atoms with Crippen LogP contribution in [0, 0.1) is 11.8 Å². The van der Waals surface area contributed by atoms with Crippen LogP contribution in [0.25, 0.3) is 0 Å². The van der Waals surface area contributed by atoms with Gasteiger partial charge in [0.05, 0.1) is 26.2 Å². The summed E-state index contributed by atoms with van der Waals surface area (Å²) in [4.78, 5) is 51.1. The fraction of sp³-hybridized carbons (Fsp3) is 0.412. The van der Waals surface area contributed by atoms with E-state index in [9.17, 15) is 19.2 Å². The third-order valence-electron chi connectivity index (χ3n) is 4.75. The van der Waals surface area contributed by atoms with Gasteiger partial charge in [-0.3, -0.25) is 14.5 Å². The molecule has 2 saturated heterocycles. The molecule has 2 heterocycles. The maximum Gasteiger partial charge on any atom is 0.350 e. The van der Waals surface area contributed by atoms with E-state index in [0.717, 1.165) is 19.1 Å². The molecule has 8 nitrogen and oxygen atoms in total. The molecule has 25 heavy (non-hydrogen) atoms. The molecule has 8 heteroatoms. The predicted molar refractivity (Wildman–Crippen MR) is 81.8 cm³/mol. The average molecular weight is 347 g/mol. The van der Waals surface area contributed by atoms with Crippen molar-refractivity contribution in [3.05, 3.63) is 35.9 Å². The van der Waals surface area contributed by atoms with Crippen molar-refractivity contribution in [3.8, 4) is 0 Å². The predicted octanol–water partition coefficient (Wildman–Crippen LogP) is 0.0737. The summed E-state index contributed by atoms with van der Waals surface area (Å²) in [5.41, 5.74) is -1.74. The van der Waals surface area contributed by atoms with Crippen LogP contribution in [-0.2, 0) is 33.4 Å². The smallest absolute Gasteiger partial charge is 0.350 e. The number of carbonyl (C=O) groups excluding carboxylic acids is 4. The van der Waals surface area contributed by atoms with Gasteiger partial charge in [-0.25, -0.2) is 9.59 Å². The molecule has 3 rings (SSSR count). The Kier molecular flexibility index (Phi) is 4.08. The number of ether oxygens (including phenoxy) is 3. The van der Waals surface area contributed by atoms with E-state index in [1.165, 1.54) is 7.05 Å². The number of amides is 2. The van der Waals surface area contributed by atoms with Crippen molar-refractivity contribution in [1.82, 2.24) is 4.90 Å². The molecule has 0 saturated carbocycles. The fourth-order valence-corrected chi connectivity index (χ4v) is 3.57. The summed E-state index contributed by atoms with van der Waals surface area (Å²) >= 11 is 0. The van der Waals surface area contributed by atoms with Gasteiger partial charge in [-0.1, -0.05) is 30.3 Å². The minimum Gasteiger partial charge on any atom is -0.466 e. The Morgan fingerprint density at radius 3 is 2.12 bits per heavy atom. The van der Waals surface area contributed by atoms with E-state index < -0.39 is 47.3 Å². The van der Waals surface area contributed by atoms with E-state index in [4.69, 9.17) is 14.2 Å². The zero-order chi connectivity index (χ0) is 18.4. The van der Waals surface area contributed by atoms with Crippen molar-refractivity contribution in [2.75, 3.05) is 21.3 Å². The van der Waals surface area contributed by atoms with Crippen LogP contribution in [0.2, 0.25) is 0 Å². The second kappa shape index (κ2) is 5.96. The minimum atomic E-state index is -2.31. The third-order valence-corrected chi connectivity index (χ3v) is 4.75. The highest BCUT2D eigenvalue weighted by atomic mass is 16.6. The van der Waals surface area contributed by atoms with Crippen LogP contribution in [0.4, 0.5) is 0 Å². The van der Waals surface area contributed by atoms with Gasteiger partial charge in [0, 0.05) is 7.05 Å². The monoisotopic (exact) mass is 347 g/mol. The quantitative estimate of drug-likeness (QED) is 0.433. The van der Waals surface area contributed by atoms with E-state index >= 15 is 0 Å². The Morgan fingerprint density at radius 2 is 1.60 bits per heavy atom. The summed E-state index contributed by atoms with van der Waals surface area (Å²) in [7, 11) is 3.46. The molecule has 3 atom stereocenters. The van der Waals surface area contributed by atoms with Crippen molar-refractivity contribution in [1.29, 1.82) is 0 Å². The molecule has 2 aliphatic rings. The highest BCUT2D eigenvalue weighted by Gasteiger charge is 2.74. The molecule has 0 aromatic heterocycles. The van der Waals surface area contributed by atoms with Crippen molar-refractivity contribution in [2.45, 2.75) is 11.7 Å². The van der Waals surface area contributed by atoms with Gasteiger partial charge in [0.1, 0.15) is 5.92 Å². The van der Waals surface area contributed by atoms with Gasteiger partial charge in [0.15, 0.2) is 0 Å². The summed E-state index contributed by atoms with van der Waals surface area (Å²) in [5.74, 6) is -5.68. The molecular weight excluding hydrogens is 330 g/mol. The SMILES string of the molecule is COC(=O)C1(C(=O)OC)O[C@H](c2ccccc2)[C@H]2C(=O)N(C)C(=O)[C@H]21. The Hall–Kier alpha value is -2.74. The van der Waals surface area contributed by atoms with Crippen molar-refractivity contribution >= 4 is 23.8 Å². The lowest BCUT2D eigenvalue weighted by molar-refractivity contribution is -0.192. The van der Waals surface area contributed by atoms with Crippen LogP contribution >= 0.6 is 0 Å². The standard InChI is InChI=1S/C17H17NO7/c1-18-13(19)10-11(14(18)20)17(15(21)23-2,16(22)24-3)25-12(10)9-7-5-4-6-8-9/h4-8,10-12H,1-3H3/t10-,11-,12+/m0/s1. The summed E-state index contributed by atoms with van der Waals surface area (Å²) in [6.07, 6.45) is -0.953. The van der Waals surface area contributed by atoms with E-state index in [1.54, 1.807) is 30.3 Å². The second-order valence-electron chi connectivity index (χ2n) is 5.91. The van der Waals surface area contributed by atoms with E-state index in [2.05, 4.69) is 0 Å². The number of rotatable bonds is 3. The van der Waals surface area contributed by atoms with Crippen LogP contribution in [0.15, 0.2) is 30.3 Å². The zero-order valence-corrected chi connectivity index (χ0v) is 13.9. The lowest BCUT2D eigenvalue weighted by Gasteiger charge is -2.28. The van der Waals surface area contributed by atoms with Gasteiger partial charge in [-0.2, -0.15) is 0 Å². The van der Waals surface area contributed by atoms with Gasteiger partial charge in [-0.05, 0) is 5.56 Å². The van der Waals surface area contributed by atoms with Gasteiger partial charge < -0.3 is 14.2 Å². The Bertz CT molecular complexity index is 729. The van der Waals surface area contributed by atoms with Gasteiger partial charge >= 0.3 is 11.9 Å². The Balaban J connectivity index is 2.20. The highest BCUT2D eigenvalue weighted by molar-refractivity contribution is 6.15. The number of fused-ring (bicyclic) bond motifs is 1. The largest absolute Gasteiger partial charge is 0.466 e. The third kappa shape index (κ3) is 2.17. The van der Waals surface area contributed by atoms with Crippen LogP contribution in [-0.4, -0.2) is 55.5 Å². The molecule has 1 aromatic rings. The number of hydrogen-bond acceptors (Lipinski definition) is 7. The molecule has 2 fully saturated rings. The number of nitrogens with zero attached hydrogens (tertiary/aromatic N) is 1. The van der Waals surface area contributed by atoms with Crippen LogP contribution in [0.1, 0.15) is 11.7 Å². The first-order chi connectivity index (χ1) is 11.9. The maximum absolute atomic E-state index is 12.6. The van der Waals surface area contributed by atoms with Crippen molar-refractivity contribution in [2.24, 2.45) is 11.8 Å². The van der Waals surface area contributed by atoms with E-state index in [1.807, 2.05) is 0 Å². The molecule has 2 aliphatic heterocycles. The van der Waals surface area contributed by atoms with Crippen molar-refractivity contribution < 1.29 is 33.4 Å². The molecule has 0 radical (unpaired) electrons. The molecule has 0 bridgehead atoms. The molecule has 0 aliphatic carbocycles. The lowest BCUT2D eigenvalue weighted by atomic mass is 9.79. The van der Waals surface area contributed by atoms with Crippen LogP contribution in [0.3, 0.4) is 0 Å². The minimum absolute atomic E-state index is 0.515. The number of esters is 2. The second-order valence-corrected chi connectivity index (χ2v) is 5.91. The van der Waals surface area contributed by atoms with Gasteiger partial charge in [0.25, 0.3) is 5.60 Å². The molecule has 1 aromatic carbocycles. The molecule has 0 spiro atoms. The molecule has 0 N–H and O–H groups in total. The van der Waals surface area contributed by atoms with Crippen LogP contribution < -0.4 is 0 Å². The highest BCUT2D eigenvalue weighted by Crippen LogP contribution is 2.53. The summed E-state index contributed by atoms with van der Waals surface area (Å²) in [5, 5.41) is 0. The summed E-state index contributed by atoms with van der Waals surface area (Å²) < 4.78 is 15.2. The van der Waals surface area contributed by atoms with Gasteiger partial charge in [0.2, 0.25) is 11.8 Å². The number of hydrogen-bond donors (Lipinski definition) is 0. The van der Waals surface area contributed by atoms with E-state index in [-0.39, 0.29) is 0 Å². The first-order valence-electron chi connectivity index (χ1n) is 7.61. The number of methoxy groups -OCH3 is 2. The summed E-state index contributed by atoms with van der Waals surface area (Å²) in [6, 6.07) is 8.63. The van der Waals surface area contributed by atoms with E-state index in [0.29, 0.717) is 5.56 Å². The molecule has 0 unspecified atom stereocenters. The topological polar surface area (TPSA) is 99.2 Å². The molecule has 2 amide bonds. The molecule has 132 valence electrons. The Morgan fingerprint density at radius 1 is 1.04 bits per heavy atom. The maximum atomic E-state index is 12.6. The van der Waals surface area contributed by atoms with Crippen molar-refractivity contribution in [3.63, 3.8) is 0 Å². The lowest BCUT2D eigenvalue weighted by Crippen LogP contribution is -2.55. The first kappa shape index (κ1) is 17.1. The fourth-order valence-electron chi connectivity index (χ4n) is 3.57. The first-order valence-corrected chi connectivity index (χ1v) is 7.61. The number of imide groups is 1. The Labute approximate surface area is 143 Å². The number of benzene rings is 1.